The van der Waals surface area contributed by atoms with E-state index in [-0.39, 0.29) is 11.6 Å². The molecule has 0 aliphatic carbocycles. The lowest BCUT2D eigenvalue weighted by Crippen LogP contribution is -2.41. The van der Waals surface area contributed by atoms with Gasteiger partial charge in [0.25, 0.3) is 0 Å². The summed E-state index contributed by atoms with van der Waals surface area (Å²) in [6.07, 6.45) is 5.23. The van der Waals surface area contributed by atoms with Crippen LogP contribution in [0.1, 0.15) is 12.8 Å². The van der Waals surface area contributed by atoms with Crippen LogP contribution in [0, 0.1) is 21.8 Å². The van der Waals surface area contributed by atoms with Crippen LogP contribution in [0.5, 0.6) is 0 Å². The Morgan fingerprint density at radius 2 is 1.86 bits per heavy atom. The Morgan fingerprint density at radius 3 is 2.52 bits per heavy atom. The van der Waals surface area contributed by atoms with E-state index in [4.69, 9.17) is 0 Å². The molecule has 0 atom stereocenters. The summed E-state index contributed by atoms with van der Waals surface area (Å²) in [6, 6.07) is 6.79. The predicted molar refractivity (Wildman–Crippen MR) is 104 cm³/mol. The SMILES string of the molecule is O=C(NCC1CCN(c2ccncc2)CC1)C(=O)Nc1ccc(F)c([N+](=O)[O-])c1. The zero-order valence-corrected chi connectivity index (χ0v) is 15.5. The van der Waals surface area contributed by atoms with Crippen molar-refractivity contribution in [2.75, 3.05) is 29.9 Å². The second-order valence-electron chi connectivity index (χ2n) is 6.72. The van der Waals surface area contributed by atoms with E-state index in [0.29, 0.717) is 6.54 Å². The minimum absolute atomic E-state index is 0.0242. The van der Waals surface area contributed by atoms with Crippen LogP contribution in [0.15, 0.2) is 42.7 Å². The van der Waals surface area contributed by atoms with Gasteiger partial charge >= 0.3 is 17.5 Å². The van der Waals surface area contributed by atoms with Gasteiger partial charge in [0.2, 0.25) is 5.82 Å². The first-order valence-electron chi connectivity index (χ1n) is 9.12. The van der Waals surface area contributed by atoms with Gasteiger partial charge in [-0.05, 0) is 43.0 Å². The van der Waals surface area contributed by atoms with E-state index in [1.807, 2.05) is 12.1 Å². The summed E-state index contributed by atoms with van der Waals surface area (Å²) in [5.41, 5.74) is 0.309. The summed E-state index contributed by atoms with van der Waals surface area (Å²) < 4.78 is 13.3. The molecule has 0 saturated carbocycles. The average molecular weight is 401 g/mol. The van der Waals surface area contributed by atoms with Gasteiger partial charge in [0.1, 0.15) is 0 Å². The van der Waals surface area contributed by atoms with Gasteiger partial charge in [-0.3, -0.25) is 24.7 Å². The fourth-order valence-electron chi connectivity index (χ4n) is 3.19. The van der Waals surface area contributed by atoms with Crippen LogP contribution in [-0.4, -0.2) is 41.4 Å². The number of anilines is 2. The van der Waals surface area contributed by atoms with Gasteiger partial charge < -0.3 is 15.5 Å². The number of nitrogens with one attached hydrogen (secondary N) is 2. The number of nitro benzene ring substituents is 1. The fourth-order valence-corrected chi connectivity index (χ4v) is 3.19. The van der Waals surface area contributed by atoms with Crippen LogP contribution in [0.3, 0.4) is 0 Å². The molecule has 0 radical (unpaired) electrons. The second-order valence-corrected chi connectivity index (χ2v) is 6.72. The van der Waals surface area contributed by atoms with Crippen molar-refractivity contribution in [1.82, 2.24) is 10.3 Å². The highest BCUT2D eigenvalue weighted by Crippen LogP contribution is 2.23. The molecule has 1 aromatic carbocycles. The second kappa shape index (κ2) is 9.09. The summed E-state index contributed by atoms with van der Waals surface area (Å²) in [5.74, 6) is -2.57. The minimum Gasteiger partial charge on any atom is -0.371 e. The highest BCUT2D eigenvalue weighted by Gasteiger charge is 2.22. The van der Waals surface area contributed by atoms with E-state index in [2.05, 4.69) is 20.5 Å². The monoisotopic (exact) mass is 401 g/mol. The molecule has 0 spiro atoms. The fraction of sp³-hybridized carbons (Fsp3) is 0.316. The molecule has 2 aromatic rings. The molecule has 3 rings (SSSR count). The van der Waals surface area contributed by atoms with E-state index < -0.39 is 28.2 Å². The standard InChI is InChI=1S/C19H20FN5O4/c20-16-2-1-14(11-17(16)25(28)29)23-19(27)18(26)22-12-13-5-9-24(10-6-13)15-3-7-21-8-4-15/h1-4,7-8,11,13H,5-6,9-10,12H2,(H,22,26)(H,23,27). The number of hydrogen-bond donors (Lipinski definition) is 2. The predicted octanol–water partition coefficient (Wildman–Crippen LogP) is 2.10. The van der Waals surface area contributed by atoms with E-state index in [1.54, 1.807) is 12.4 Å². The Hall–Kier alpha value is -3.56. The molecule has 152 valence electrons. The number of pyridine rings is 1. The normalized spacial score (nSPS) is 14.3. The maximum absolute atomic E-state index is 13.3. The molecule has 1 fully saturated rings. The molecule has 1 aromatic heterocycles. The third kappa shape index (κ3) is 5.24. The van der Waals surface area contributed by atoms with Crippen molar-refractivity contribution in [2.45, 2.75) is 12.8 Å². The van der Waals surface area contributed by atoms with Crippen molar-refractivity contribution < 1.29 is 18.9 Å². The van der Waals surface area contributed by atoms with E-state index >= 15 is 0 Å². The summed E-state index contributed by atoms with van der Waals surface area (Å²) in [4.78, 5) is 40.1. The first kappa shape index (κ1) is 20.2. The first-order chi connectivity index (χ1) is 13.9. The van der Waals surface area contributed by atoms with Crippen molar-refractivity contribution in [1.29, 1.82) is 0 Å². The van der Waals surface area contributed by atoms with Gasteiger partial charge in [-0.1, -0.05) is 0 Å². The highest BCUT2D eigenvalue weighted by molar-refractivity contribution is 6.39. The molecule has 1 saturated heterocycles. The highest BCUT2D eigenvalue weighted by atomic mass is 19.1. The van der Waals surface area contributed by atoms with Crippen LogP contribution in [-0.2, 0) is 9.59 Å². The Bertz CT molecular complexity index is 901. The van der Waals surface area contributed by atoms with Crippen molar-refractivity contribution >= 4 is 28.9 Å². The molecule has 2 amide bonds. The van der Waals surface area contributed by atoms with Gasteiger partial charge in [0.05, 0.1) is 4.92 Å². The van der Waals surface area contributed by atoms with Gasteiger partial charge in [-0.25, -0.2) is 0 Å². The van der Waals surface area contributed by atoms with Gasteiger partial charge in [0, 0.05) is 49.5 Å². The molecule has 2 N–H and O–H groups in total. The van der Waals surface area contributed by atoms with Crippen LogP contribution >= 0.6 is 0 Å². The van der Waals surface area contributed by atoms with Crippen molar-refractivity contribution in [3.8, 4) is 0 Å². The molecule has 1 aliphatic heterocycles. The Kier molecular flexibility index (Phi) is 6.32. The molecule has 2 heterocycles. The van der Waals surface area contributed by atoms with Crippen molar-refractivity contribution in [2.24, 2.45) is 5.92 Å². The van der Waals surface area contributed by atoms with E-state index in [0.717, 1.165) is 49.8 Å². The molecule has 10 heteroatoms. The van der Waals surface area contributed by atoms with Crippen molar-refractivity contribution in [3.63, 3.8) is 0 Å². The summed E-state index contributed by atoms with van der Waals surface area (Å²) in [6.45, 7) is 2.05. The Morgan fingerprint density at radius 1 is 1.17 bits per heavy atom. The Labute approximate surface area is 166 Å². The molecular formula is C19H20FN5O4. The van der Waals surface area contributed by atoms with Gasteiger partial charge in [-0.2, -0.15) is 4.39 Å². The smallest absolute Gasteiger partial charge is 0.313 e. The van der Waals surface area contributed by atoms with E-state index in [9.17, 15) is 24.1 Å². The maximum atomic E-state index is 13.3. The molecule has 0 bridgehead atoms. The molecule has 0 unspecified atom stereocenters. The topological polar surface area (TPSA) is 117 Å². The molecular weight excluding hydrogens is 381 g/mol. The largest absolute Gasteiger partial charge is 0.371 e. The number of benzene rings is 1. The summed E-state index contributed by atoms with van der Waals surface area (Å²) in [5, 5.41) is 15.6. The molecule has 1 aliphatic rings. The van der Waals surface area contributed by atoms with Crippen LogP contribution in [0.25, 0.3) is 0 Å². The van der Waals surface area contributed by atoms with Crippen LogP contribution in [0.4, 0.5) is 21.5 Å². The van der Waals surface area contributed by atoms with Crippen molar-refractivity contribution in [3.05, 3.63) is 58.7 Å². The number of carbonyl (C=O) groups is 2. The number of amides is 2. The lowest BCUT2D eigenvalue weighted by molar-refractivity contribution is -0.387. The van der Waals surface area contributed by atoms with Gasteiger partial charge in [-0.15, -0.1) is 0 Å². The molecule has 29 heavy (non-hydrogen) atoms. The first-order valence-corrected chi connectivity index (χ1v) is 9.12. The van der Waals surface area contributed by atoms with E-state index in [1.165, 1.54) is 0 Å². The number of piperidine rings is 1. The summed E-state index contributed by atoms with van der Waals surface area (Å²) >= 11 is 0. The maximum Gasteiger partial charge on any atom is 0.313 e. The van der Waals surface area contributed by atoms with Crippen LogP contribution < -0.4 is 15.5 Å². The van der Waals surface area contributed by atoms with Gasteiger partial charge in [0.15, 0.2) is 0 Å². The number of nitro groups is 1. The number of rotatable bonds is 5. The Balaban J connectivity index is 1.46. The number of nitrogens with zero attached hydrogens (tertiary/aromatic N) is 3. The number of hydrogen-bond acceptors (Lipinski definition) is 6. The van der Waals surface area contributed by atoms with Crippen LogP contribution in [0.2, 0.25) is 0 Å². The average Bonchev–Trinajstić information content (AvgIpc) is 2.74. The number of halogens is 1. The quantitative estimate of drug-likeness (QED) is 0.450. The molecule has 9 nitrogen and oxygen atoms in total. The zero-order chi connectivity index (χ0) is 20.8. The lowest BCUT2D eigenvalue weighted by atomic mass is 9.96. The lowest BCUT2D eigenvalue weighted by Gasteiger charge is -2.33. The summed E-state index contributed by atoms with van der Waals surface area (Å²) in [7, 11) is 0. The third-order valence-electron chi connectivity index (χ3n) is 4.80. The zero-order valence-electron chi connectivity index (χ0n) is 15.5. The number of aromatic nitrogens is 1. The minimum atomic E-state index is -1.02. The number of carbonyl (C=O) groups excluding carboxylic acids is 2. The third-order valence-corrected chi connectivity index (χ3v) is 4.80.